The molecule has 0 unspecified atom stereocenters. The highest BCUT2D eigenvalue weighted by Crippen LogP contribution is 2.10. The van der Waals surface area contributed by atoms with Gasteiger partial charge in [-0.2, -0.15) is 5.26 Å². The Morgan fingerprint density at radius 2 is 2.19 bits per heavy atom. The third-order valence-corrected chi connectivity index (χ3v) is 2.91. The number of nitrogens with zero attached hydrogens (tertiary/aromatic N) is 3. The molecular weight excluding hydrogens is 266 g/mol. The van der Waals surface area contributed by atoms with Gasteiger partial charge in [-0.15, -0.1) is 0 Å². The Labute approximate surface area is 125 Å². The summed E-state index contributed by atoms with van der Waals surface area (Å²) >= 11 is 0. The fraction of sp³-hybridized carbons (Fsp3) is 0.438. The SMILES string of the molecule is CCOC(=O)[C@@H](C#N)C=NCCCN(C)c1ccccc1. The van der Waals surface area contributed by atoms with Gasteiger partial charge in [0.2, 0.25) is 0 Å². The molecular formula is C16H21N3O2. The summed E-state index contributed by atoms with van der Waals surface area (Å²) in [5.74, 6) is -1.44. The Morgan fingerprint density at radius 3 is 2.81 bits per heavy atom. The van der Waals surface area contributed by atoms with E-state index in [-0.39, 0.29) is 6.61 Å². The molecule has 0 fully saturated rings. The maximum Gasteiger partial charge on any atom is 0.328 e. The minimum atomic E-state index is -0.906. The van der Waals surface area contributed by atoms with Gasteiger partial charge in [0.25, 0.3) is 0 Å². The molecule has 0 bridgehead atoms. The number of nitriles is 1. The molecule has 5 heteroatoms. The average Bonchev–Trinajstić information content (AvgIpc) is 2.51. The lowest BCUT2D eigenvalue weighted by atomic mass is 10.2. The van der Waals surface area contributed by atoms with Crippen molar-refractivity contribution >= 4 is 17.9 Å². The summed E-state index contributed by atoms with van der Waals surface area (Å²) in [6.07, 6.45) is 2.23. The molecule has 1 aromatic rings. The Bertz CT molecular complexity index is 494. The zero-order chi connectivity index (χ0) is 15.5. The number of rotatable bonds is 8. The van der Waals surface area contributed by atoms with Crippen LogP contribution in [0.2, 0.25) is 0 Å². The first-order valence-corrected chi connectivity index (χ1v) is 7.01. The first-order valence-electron chi connectivity index (χ1n) is 7.01. The van der Waals surface area contributed by atoms with Crippen LogP contribution in [0, 0.1) is 17.2 Å². The summed E-state index contributed by atoms with van der Waals surface area (Å²) < 4.78 is 4.79. The molecule has 112 valence electrons. The predicted molar refractivity (Wildman–Crippen MR) is 83.4 cm³/mol. The van der Waals surface area contributed by atoms with Gasteiger partial charge in [0.15, 0.2) is 5.92 Å². The first-order chi connectivity index (χ1) is 10.2. The molecule has 1 rings (SSSR count). The normalized spacial score (nSPS) is 11.9. The van der Waals surface area contributed by atoms with E-state index in [2.05, 4.69) is 22.0 Å². The summed E-state index contributed by atoms with van der Waals surface area (Å²) in [7, 11) is 2.02. The topological polar surface area (TPSA) is 65.7 Å². The molecule has 0 saturated carbocycles. The van der Waals surface area contributed by atoms with Crippen molar-refractivity contribution in [2.45, 2.75) is 13.3 Å². The molecule has 21 heavy (non-hydrogen) atoms. The number of ether oxygens (including phenoxy) is 1. The van der Waals surface area contributed by atoms with Crippen LogP contribution in [0.5, 0.6) is 0 Å². The molecule has 0 aliphatic rings. The van der Waals surface area contributed by atoms with Gasteiger partial charge < -0.3 is 9.64 Å². The fourth-order valence-electron chi connectivity index (χ4n) is 1.77. The number of esters is 1. The van der Waals surface area contributed by atoms with E-state index in [1.54, 1.807) is 6.92 Å². The standard InChI is InChI=1S/C16H21N3O2/c1-3-21-16(20)14(12-17)13-18-10-7-11-19(2)15-8-5-4-6-9-15/h4-6,8-9,13-14H,3,7,10-11H2,1-2H3/t14-/m0/s1. The van der Waals surface area contributed by atoms with Gasteiger partial charge in [0, 0.05) is 32.0 Å². The zero-order valence-electron chi connectivity index (χ0n) is 12.5. The number of carbonyl (C=O) groups is 1. The van der Waals surface area contributed by atoms with Crippen LogP contribution in [0.15, 0.2) is 35.3 Å². The molecule has 0 aromatic heterocycles. The lowest BCUT2D eigenvalue weighted by Gasteiger charge is -2.18. The van der Waals surface area contributed by atoms with E-state index in [1.807, 2.05) is 31.3 Å². The summed E-state index contributed by atoms with van der Waals surface area (Å²) in [5, 5.41) is 8.87. The summed E-state index contributed by atoms with van der Waals surface area (Å²) in [6.45, 7) is 3.42. The van der Waals surface area contributed by atoms with Gasteiger partial charge in [-0.25, -0.2) is 0 Å². The minimum Gasteiger partial charge on any atom is -0.465 e. The number of hydrogen-bond donors (Lipinski definition) is 0. The molecule has 0 spiro atoms. The fourth-order valence-corrected chi connectivity index (χ4v) is 1.77. The highest BCUT2D eigenvalue weighted by atomic mass is 16.5. The number of benzene rings is 1. The van der Waals surface area contributed by atoms with E-state index in [9.17, 15) is 4.79 Å². The molecule has 0 N–H and O–H groups in total. The Morgan fingerprint density at radius 1 is 1.48 bits per heavy atom. The van der Waals surface area contributed by atoms with Crippen LogP contribution in [0.1, 0.15) is 13.3 Å². The lowest BCUT2D eigenvalue weighted by Crippen LogP contribution is -2.19. The molecule has 0 amide bonds. The number of hydrogen-bond acceptors (Lipinski definition) is 5. The maximum absolute atomic E-state index is 11.4. The molecule has 1 atom stereocenters. The number of para-hydroxylation sites is 1. The van der Waals surface area contributed by atoms with Gasteiger partial charge >= 0.3 is 5.97 Å². The number of carbonyl (C=O) groups excluding carboxylic acids is 1. The van der Waals surface area contributed by atoms with Gasteiger partial charge in [-0.05, 0) is 25.5 Å². The first kappa shape index (κ1) is 16.7. The van der Waals surface area contributed by atoms with Crippen LogP contribution in [-0.2, 0) is 9.53 Å². The Kier molecular flexibility index (Phi) is 7.59. The maximum atomic E-state index is 11.4. The van der Waals surface area contributed by atoms with Crippen LogP contribution in [0.3, 0.4) is 0 Å². The largest absolute Gasteiger partial charge is 0.465 e. The Balaban J connectivity index is 2.31. The summed E-state index contributed by atoms with van der Waals surface area (Å²) in [4.78, 5) is 17.7. The van der Waals surface area contributed by atoms with E-state index in [4.69, 9.17) is 10.00 Å². The van der Waals surface area contributed by atoms with Gasteiger partial charge in [0.1, 0.15) is 0 Å². The van der Waals surface area contributed by atoms with Crippen molar-refractivity contribution in [2.24, 2.45) is 10.9 Å². The van der Waals surface area contributed by atoms with Crippen LogP contribution >= 0.6 is 0 Å². The van der Waals surface area contributed by atoms with E-state index in [0.717, 1.165) is 18.7 Å². The third-order valence-electron chi connectivity index (χ3n) is 2.91. The predicted octanol–water partition coefficient (Wildman–Crippen LogP) is 2.29. The van der Waals surface area contributed by atoms with Crippen LogP contribution in [0.25, 0.3) is 0 Å². The van der Waals surface area contributed by atoms with Crippen molar-refractivity contribution in [1.82, 2.24) is 0 Å². The quantitative estimate of drug-likeness (QED) is 0.418. The average molecular weight is 287 g/mol. The molecule has 0 radical (unpaired) electrons. The number of anilines is 1. The van der Waals surface area contributed by atoms with Gasteiger partial charge in [-0.1, -0.05) is 18.2 Å². The van der Waals surface area contributed by atoms with Crippen molar-refractivity contribution in [3.63, 3.8) is 0 Å². The van der Waals surface area contributed by atoms with Crippen LogP contribution < -0.4 is 4.90 Å². The second kappa shape index (κ2) is 9.54. The third kappa shape index (κ3) is 6.09. The van der Waals surface area contributed by atoms with Crippen molar-refractivity contribution in [3.8, 4) is 6.07 Å². The lowest BCUT2D eigenvalue weighted by molar-refractivity contribution is -0.143. The van der Waals surface area contributed by atoms with E-state index < -0.39 is 11.9 Å². The Hall–Kier alpha value is -2.35. The molecule has 0 saturated heterocycles. The highest BCUT2D eigenvalue weighted by molar-refractivity contribution is 5.92. The van der Waals surface area contributed by atoms with Crippen molar-refractivity contribution in [2.75, 3.05) is 31.6 Å². The van der Waals surface area contributed by atoms with E-state index >= 15 is 0 Å². The molecule has 0 heterocycles. The highest BCUT2D eigenvalue weighted by Gasteiger charge is 2.15. The van der Waals surface area contributed by atoms with E-state index in [0.29, 0.717) is 6.54 Å². The second-order valence-electron chi connectivity index (χ2n) is 4.52. The molecule has 0 aliphatic heterocycles. The summed E-state index contributed by atoms with van der Waals surface area (Å²) in [6, 6.07) is 12.0. The van der Waals surface area contributed by atoms with Crippen molar-refractivity contribution in [3.05, 3.63) is 30.3 Å². The molecule has 0 aliphatic carbocycles. The monoisotopic (exact) mass is 287 g/mol. The van der Waals surface area contributed by atoms with Crippen LogP contribution in [0.4, 0.5) is 5.69 Å². The smallest absolute Gasteiger partial charge is 0.328 e. The minimum absolute atomic E-state index is 0.271. The van der Waals surface area contributed by atoms with Gasteiger partial charge in [-0.3, -0.25) is 9.79 Å². The van der Waals surface area contributed by atoms with Gasteiger partial charge in [0.05, 0.1) is 12.7 Å². The van der Waals surface area contributed by atoms with Crippen LogP contribution in [-0.4, -0.2) is 38.9 Å². The second-order valence-corrected chi connectivity index (χ2v) is 4.52. The van der Waals surface area contributed by atoms with E-state index in [1.165, 1.54) is 6.21 Å². The molecule has 5 nitrogen and oxygen atoms in total. The molecule has 1 aromatic carbocycles. The zero-order valence-corrected chi connectivity index (χ0v) is 12.5. The number of aliphatic imine (C=N–C) groups is 1. The van der Waals surface area contributed by atoms with Crippen molar-refractivity contribution in [1.29, 1.82) is 5.26 Å². The van der Waals surface area contributed by atoms with Crippen molar-refractivity contribution < 1.29 is 9.53 Å². The summed E-state index contributed by atoms with van der Waals surface area (Å²) in [5.41, 5.74) is 1.16.